The highest BCUT2D eigenvalue weighted by molar-refractivity contribution is 5.22. The van der Waals surface area contributed by atoms with Gasteiger partial charge in [-0.05, 0) is 52.0 Å². The molecule has 1 aromatic carbocycles. The van der Waals surface area contributed by atoms with Crippen LogP contribution in [0.2, 0.25) is 0 Å². The minimum absolute atomic E-state index is 0.206. The molecule has 0 bridgehead atoms. The maximum Gasteiger partial charge on any atom is 0.0479 e. The quantitative estimate of drug-likeness (QED) is 0.904. The predicted molar refractivity (Wildman–Crippen MR) is 84.8 cm³/mol. The van der Waals surface area contributed by atoms with Crippen molar-refractivity contribution in [3.05, 3.63) is 35.9 Å². The van der Waals surface area contributed by atoms with E-state index < -0.39 is 0 Å². The molecule has 1 heterocycles. The number of nitrogens with one attached hydrogen (secondary N) is 1. The Kier molecular flexibility index (Phi) is 3.42. The SMILES string of the molecule is CC1(C)CN(C(C)(C)C2CC2)C(c2ccccc2)CN1. The number of benzene rings is 1. The number of hydrogen-bond donors (Lipinski definition) is 1. The van der Waals surface area contributed by atoms with Crippen LogP contribution in [0.3, 0.4) is 0 Å². The lowest BCUT2D eigenvalue weighted by molar-refractivity contribution is -0.00365. The van der Waals surface area contributed by atoms with Crippen LogP contribution in [-0.2, 0) is 0 Å². The van der Waals surface area contributed by atoms with Crippen LogP contribution < -0.4 is 5.32 Å². The summed E-state index contributed by atoms with van der Waals surface area (Å²) < 4.78 is 0. The van der Waals surface area contributed by atoms with Gasteiger partial charge in [-0.1, -0.05) is 30.3 Å². The smallest absolute Gasteiger partial charge is 0.0479 e. The summed E-state index contributed by atoms with van der Waals surface area (Å²) in [5.41, 5.74) is 1.96. The summed E-state index contributed by atoms with van der Waals surface area (Å²) in [5, 5.41) is 3.73. The molecule has 1 N–H and O–H groups in total. The van der Waals surface area contributed by atoms with Crippen LogP contribution in [0.5, 0.6) is 0 Å². The minimum Gasteiger partial charge on any atom is -0.309 e. The number of piperazine rings is 1. The molecule has 1 aromatic rings. The molecule has 1 saturated carbocycles. The first kappa shape index (κ1) is 14.1. The Morgan fingerprint density at radius 3 is 2.40 bits per heavy atom. The van der Waals surface area contributed by atoms with E-state index in [0.29, 0.717) is 11.6 Å². The van der Waals surface area contributed by atoms with Crippen molar-refractivity contribution in [2.24, 2.45) is 5.92 Å². The monoisotopic (exact) mass is 272 g/mol. The van der Waals surface area contributed by atoms with Crippen LogP contribution in [0.1, 0.15) is 52.1 Å². The van der Waals surface area contributed by atoms with Crippen LogP contribution >= 0.6 is 0 Å². The maximum absolute atomic E-state index is 3.73. The molecule has 2 nitrogen and oxygen atoms in total. The van der Waals surface area contributed by atoms with Gasteiger partial charge in [0, 0.05) is 30.2 Å². The van der Waals surface area contributed by atoms with E-state index in [4.69, 9.17) is 0 Å². The van der Waals surface area contributed by atoms with Crippen molar-refractivity contribution in [3.63, 3.8) is 0 Å². The standard InChI is InChI=1S/C18H28N2/c1-17(2)13-20(18(3,4)15-10-11-15)16(12-19-17)14-8-6-5-7-9-14/h5-9,15-16,19H,10-13H2,1-4H3. The van der Waals surface area contributed by atoms with E-state index in [1.54, 1.807) is 0 Å². The summed E-state index contributed by atoms with van der Waals surface area (Å²) in [4.78, 5) is 2.76. The van der Waals surface area contributed by atoms with E-state index in [-0.39, 0.29) is 5.54 Å². The Morgan fingerprint density at radius 1 is 1.15 bits per heavy atom. The molecule has 20 heavy (non-hydrogen) atoms. The average molecular weight is 272 g/mol. The average Bonchev–Trinajstić information content (AvgIpc) is 3.23. The molecule has 1 aliphatic carbocycles. The zero-order chi connectivity index (χ0) is 14.4. The van der Waals surface area contributed by atoms with Crippen LogP contribution in [0, 0.1) is 5.92 Å². The first-order chi connectivity index (χ1) is 9.40. The summed E-state index contributed by atoms with van der Waals surface area (Å²) in [6, 6.07) is 11.5. The molecular formula is C18H28N2. The summed E-state index contributed by atoms with van der Waals surface area (Å²) in [7, 11) is 0. The second-order valence-electron chi connectivity index (χ2n) is 7.75. The minimum atomic E-state index is 0.206. The van der Waals surface area contributed by atoms with Crippen molar-refractivity contribution in [2.75, 3.05) is 13.1 Å². The highest BCUT2D eigenvalue weighted by atomic mass is 15.3. The molecule has 2 fully saturated rings. The third kappa shape index (κ3) is 2.64. The van der Waals surface area contributed by atoms with Gasteiger partial charge in [0.2, 0.25) is 0 Å². The van der Waals surface area contributed by atoms with Crippen LogP contribution in [-0.4, -0.2) is 29.1 Å². The molecule has 2 heteroatoms. The van der Waals surface area contributed by atoms with E-state index in [1.165, 1.54) is 18.4 Å². The summed E-state index contributed by atoms with van der Waals surface area (Å²) in [6.45, 7) is 11.7. The van der Waals surface area contributed by atoms with E-state index >= 15 is 0 Å². The molecule has 1 atom stereocenters. The molecule has 0 amide bonds. The molecule has 0 aromatic heterocycles. The summed E-state index contributed by atoms with van der Waals surface area (Å²) in [6.07, 6.45) is 2.80. The number of rotatable bonds is 3. The first-order valence-corrected chi connectivity index (χ1v) is 7.97. The van der Waals surface area contributed by atoms with Gasteiger partial charge in [-0.25, -0.2) is 0 Å². The topological polar surface area (TPSA) is 15.3 Å². The van der Waals surface area contributed by atoms with Crippen LogP contribution in [0.4, 0.5) is 0 Å². The van der Waals surface area contributed by atoms with Gasteiger partial charge in [-0.3, -0.25) is 4.90 Å². The van der Waals surface area contributed by atoms with Gasteiger partial charge in [0.05, 0.1) is 0 Å². The van der Waals surface area contributed by atoms with Crippen molar-refractivity contribution >= 4 is 0 Å². The van der Waals surface area contributed by atoms with Gasteiger partial charge in [0.25, 0.3) is 0 Å². The first-order valence-electron chi connectivity index (χ1n) is 7.97. The normalized spacial score (nSPS) is 27.5. The zero-order valence-electron chi connectivity index (χ0n) is 13.3. The molecule has 1 aliphatic heterocycles. The highest BCUT2D eigenvalue weighted by Crippen LogP contribution is 2.46. The molecule has 2 aliphatic rings. The molecule has 1 saturated heterocycles. The molecule has 0 spiro atoms. The molecule has 0 radical (unpaired) electrons. The third-order valence-electron chi connectivity index (χ3n) is 5.22. The van der Waals surface area contributed by atoms with E-state index in [1.807, 2.05) is 0 Å². The predicted octanol–water partition coefficient (Wildman–Crippen LogP) is 3.60. The lowest BCUT2D eigenvalue weighted by Gasteiger charge is -2.52. The fraction of sp³-hybridized carbons (Fsp3) is 0.667. The molecular weight excluding hydrogens is 244 g/mol. The Hall–Kier alpha value is -0.860. The van der Waals surface area contributed by atoms with Crippen molar-refractivity contribution in [1.29, 1.82) is 0 Å². The van der Waals surface area contributed by atoms with Gasteiger partial charge in [0.15, 0.2) is 0 Å². The van der Waals surface area contributed by atoms with Gasteiger partial charge in [-0.15, -0.1) is 0 Å². The summed E-state index contributed by atoms with van der Waals surface area (Å²) >= 11 is 0. The van der Waals surface area contributed by atoms with E-state index in [0.717, 1.165) is 19.0 Å². The van der Waals surface area contributed by atoms with Crippen LogP contribution in [0.25, 0.3) is 0 Å². The molecule has 1 unspecified atom stereocenters. The van der Waals surface area contributed by atoms with Crippen LogP contribution in [0.15, 0.2) is 30.3 Å². The van der Waals surface area contributed by atoms with Gasteiger partial charge in [0.1, 0.15) is 0 Å². The number of nitrogens with zero attached hydrogens (tertiary/aromatic N) is 1. The lowest BCUT2D eigenvalue weighted by atomic mass is 9.86. The number of hydrogen-bond acceptors (Lipinski definition) is 2. The fourth-order valence-corrected chi connectivity index (χ4v) is 3.68. The lowest BCUT2D eigenvalue weighted by Crippen LogP contribution is -2.63. The summed E-state index contributed by atoms with van der Waals surface area (Å²) in [5.74, 6) is 0.877. The van der Waals surface area contributed by atoms with Gasteiger partial charge < -0.3 is 5.32 Å². The largest absolute Gasteiger partial charge is 0.309 e. The van der Waals surface area contributed by atoms with Gasteiger partial charge >= 0.3 is 0 Å². The molecule has 110 valence electrons. The van der Waals surface area contributed by atoms with Crippen molar-refractivity contribution in [2.45, 2.75) is 57.7 Å². The zero-order valence-corrected chi connectivity index (χ0v) is 13.3. The Labute approximate surface area is 123 Å². The van der Waals surface area contributed by atoms with Crippen molar-refractivity contribution in [3.8, 4) is 0 Å². The van der Waals surface area contributed by atoms with E-state index in [2.05, 4.69) is 68.2 Å². The van der Waals surface area contributed by atoms with Crippen molar-refractivity contribution in [1.82, 2.24) is 10.2 Å². The Morgan fingerprint density at radius 2 is 1.80 bits per heavy atom. The Balaban J connectivity index is 1.91. The Bertz CT molecular complexity index is 460. The van der Waals surface area contributed by atoms with E-state index in [9.17, 15) is 0 Å². The van der Waals surface area contributed by atoms with Gasteiger partial charge in [-0.2, -0.15) is 0 Å². The second-order valence-corrected chi connectivity index (χ2v) is 7.75. The molecule has 3 rings (SSSR count). The fourth-order valence-electron chi connectivity index (χ4n) is 3.68. The third-order valence-corrected chi connectivity index (χ3v) is 5.22. The highest BCUT2D eigenvalue weighted by Gasteiger charge is 2.47. The van der Waals surface area contributed by atoms with Crippen molar-refractivity contribution < 1.29 is 0 Å². The second kappa shape index (κ2) is 4.85. The maximum atomic E-state index is 3.73.